The molecule has 0 heterocycles. The molecule has 0 unspecified atom stereocenters. The zero-order chi connectivity index (χ0) is 19.6. The van der Waals surface area contributed by atoms with Crippen LogP contribution in [0.3, 0.4) is 0 Å². The van der Waals surface area contributed by atoms with Crippen LogP contribution in [-0.2, 0) is 9.59 Å². The van der Waals surface area contributed by atoms with Crippen molar-refractivity contribution in [2.75, 3.05) is 32.6 Å². The van der Waals surface area contributed by atoms with Crippen molar-refractivity contribution in [2.45, 2.75) is 19.8 Å². The predicted octanol–water partition coefficient (Wildman–Crippen LogP) is 3.26. The number of aryl methyl sites for hydroxylation is 1. The highest BCUT2D eigenvalue weighted by molar-refractivity contribution is 5.94. The molecule has 0 spiro atoms. The van der Waals surface area contributed by atoms with Gasteiger partial charge in [0, 0.05) is 25.2 Å². The number of amides is 2. The van der Waals surface area contributed by atoms with Gasteiger partial charge in [0.2, 0.25) is 11.8 Å². The number of rotatable bonds is 9. The fraction of sp³-hybridized carbons (Fsp3) is 0.333. The third-order valence-electron chi connectivity index (χ3n) is 3.98. The van der Waals surface area contributed by atoms with Gasteiger partial charge in [0.15, 0.2) is 0 Å². The number of benzene rings is 2. The minimum Gasteiger partial charge on any atom is -0.497 e. The van der Waals surface area contributed by atoms with Crippen LogP contribution in [-0.4, -0.2) is 44.0 Å². The monoisotopic (exact) mass is 370 g/mol. The Morgan fingerprint density at radius 1 is 1.07 bits per heavy atom. The lowest BCUT2D eigenvalue weighted by atomic mass is 10.2. The first-order valence-corrected chi connectivity index (χ1v) is 8.85. The van der Waals surface area contributed by atoms with Crippen LogP contribution >= 0.6 is 0 Å². The molecule has 0 fully saturated rings. The Kier molecular flexibility index (Phi) is 7.67. The van der Waals surface area contributed by atoms with Gasteiger partial charge in [-0.05, 0) is 37.6 Å². The van der Waals surface area contributed by atoms with Crippen molar-refractivity contribution in [2.24, 2.45) is 0 Å². The van der Waals surface area contributed by atoms with Crippen molar-refractivity contribution < 1.29 is 19.1 Å². The van der Waals surface area contributed by atoms with Crippen molar-refractivity contribution in [3.8, 4) is 11.5 Å². The van der Waals surface area contributed by atoms with Crippen molar-refractivity contribution in [3.63, 3.8) is 0 Å². The van der Waals surface area contributed by atoms with E-state index < -0.39 is 0 Å². The quantitative estimate of drug-likeness (QED) is 0.688. The molecule has 0 aliphatic carbocycles. The van der Waals surface area contributed by atoms with Gasteiger partial charge in [-0.3, -0.25) is 9.59 Å². The third-order valence-corrected chi connectivity index (χ3v) is 3.98. The highest BCUT2D eigenvalue weighted by Crippen LogP contribution is 2.16. The van der Waals surface area contributed by atoms with Crippen molar-refractivity contribution >= 4 is 17.5 Å². The maximum Gasteiger partial charge on any atom is 0.243 e. The van der Waals surface area contributed by atoms with Gasteiger partial charge in [0.25, 0.3) is 0 Å². The summed E-state index contributed by atoms with van der Waals surface area (Å²) in [5.41, 5.74) is 1.80. The number of nitrogens with one attached hydrogen (secondary N) is 1. The van der Waals surface area contributed by atoms with Crippen LogP contribution < -0.4 is 14.8 Å². The first-order chi connectivity index (χ1) is 13.0. The highest BCUT2D eigenvalue weighted by atomic mass is 16.5. The Morgan fingerprint density at radius 3 is 2.52 bits per heavy atom. The number of methoxy groups -OCH3 is 1. The van der Waals surface area contributed by atoms with E-state index in [9.17, 15) is 9.59 Å². The number of nitrogens with zero attached hydrogens (tertiary/aromatic N) is 1. The fourth-order valence-electron chi connectivity index (χ4n) is 2.44. The number of hydrogen-bond donors (Lipinski definition) is 1. The number of carbonyl (C=O) groups excluding carboxylic acids is 2. The Hall–Kier alpha value is -3.02. The summed E-state index contributed by atoms with van der Waals surface area (Å²) in [6.07, 6.45) is 0.920. The number of likely N-dealkylation sites (N-methyl/N-ethyl adjacent to an activating group) is 1. The summed E-state index contributed by atoms with van der Waals surface area (Å²) < 4.78 is 10.7. The van der Waals surface area contributed by atoms with Crippen LogP contribution in [0, 0.1) is 6.92 Å². The van der Waals surface area contributed by atoms with E-state index in [1.807, 2.05) is 31.2 Å². The molecule has 0 saturated heterocycles. The summed E-state index contributed by atoms with van der Waals surface area (Å²) >= 11 is 0. The zero-order valence-corrected chi connectivity index (χ0v) is 16.0. The second-order valence-corrected chi connectivity index (χ2v) is 6.30. The van der Waals surface area contributed by atoms with Crippen molar-refractivity contribution in [1.82, 2.24) is 4.90 Å². The van der Waals surface area contributed by atoms with Crippen LogP contribution in [0.25, 0.3) is 0 Å². The number of hydrogen-bond acceptors (Lipinski definition) is 4. The van der Waals surface area contributed by atoms with E-state index in [1.165, 1.54) is 10.5 Å². The molecular weight excluding hydrogens is 344 g/mol. The van der Waals surface area contributed by atoms with E-state index in [4.69, 9.17) is 9.47 Å². The summed E-state index contributed by atoms with van der Waals surface area (Å²) in [7, 11) is 3.18. The normalized spacial score (nSPS) is 10.2. The minimum atomic E-state index is -0.255. The standard InChI is InChI=1S/C21H26N2O4/c1-16-9-11-18(12-10-16)27-13-5-8-21(25)23(2)15-20(24)22-17-6-4-7-19(14-17)26-3/h4,6-7,9-12,14H,5,8,13,15H2,1-3H3,(H,22,24). The molecule has 2 rings (SSSR count). The Bertz CT molecular complexity index is 759. The lowest BCUT2D eigenvalue weighted by molar-refractivity contribution is -0.133. The second-order valence-electron chi connectivity index (χ2n) is 6.30. The fourth-order valence-corrected chi connectivity index (χ4v) is 2.44. The number of anilines is 1. The van der Waals surface area contributed by atoms with Gasteiger partial charge < -0.3 is 19.7 Å². The average Bonchev–Trinajstić information content (AvgIpc) is 2.66. The molecule has 0 saturated carbocycles. The Balaban J connectivity index is 1.69. The second kappa shape index (κ2) is 10.2. The summed E-state index contributed by atoms with van der Waals surface area (Å²) in [4.78, 5) is 25.7. The Morgan fingerprint density at radius 2 is 1.81 bits per heavy atom. The molecule has 0 radical (unpaired) electrons. The van der Waals surface area contributed by atoms with Crippen LogP contribution in [0.5, 0.6) is 11.5 Å². The van der Waals surface area contributed by atoms with E-state index >= 15 is 0 Å². The van der Waals surface area contributed by atoms with Crippen LogP contribution in [0.1, 0.15) is 18.4 Å². The van der Waals surface area contributed by atoms with E-state index in [0.29, 0.717) is 30.9 Å². The number of carbonyl (C=O) groups is 2. The summed E-state index contributed by atoms with van der Waals surface area (Å²) in [6, 6.07) is 14.9. The first kappa shape index (κ1) is 20.3. The molecule has 6 nitrogen and oxygen atoms in total. The molecule has 1 N–H and O–H groups in total. The van der Waals surface area contributed by atoms with Gasteiger partial charge in [-0.1, -0.05) is 23.8 Å². The van der Waals surface area contributed by atoms with Gasteiger partial charge in [0.1, 0.15) is 11.5 Å². The first-order valence-electron chi connectivity index (χ1n) is 8.85. The van der Waals surface area contributed by atoms with Crippen molar-refractivity contribution in [3.05, 3.63) is 54.1 Å². The topological polar surface area (TPSA) is 67.9 Å². The highest BCUT2D eigenvalue weighted by Gasteiger charge is 2.13. The lowest BCUT2D eigenvalue weighted by Crippen LogP contribution is -2.34. The molecule has 0 aromatic heterocycles. The maximum atomic E-state index is 12.2. The molecule has 144 valence electrons. The maximum absolute atomic E-state index is 12.2. The third kappa shape index (κ3) is 7.01. The van der Waals surface area contributed by atoms with Gasteiger partial charge in [-0.2, -0.15) is 0 Å². The van der Waals surface area contributed by atoms with Gasteiger partial charge >= 0.3 is 0 Å². The Labute approximate surface area is 160 Å². The molecule has 0 bridgehead atoms. The average molecular weight is 370 g/mol. The molecule has 6 heteroatoms. The lowest BCUT2D eigenvalue weighted by Gasteiger charge is -2.17. The predicted molar refractivity (Wildman–Crippen MR) is 105 cm³/mol. The molecular formula is C21H26N2O4. The molecule has 27 heavy (non-hydrogen) atoms. The summed E-state index contributed by atoms with van der Waals surface area (Å²) in [5.74, 6) is 1.10. The zero-order valence-electron chi connectivity index (χ0n) is 16.0. The molecule has 2 amide bonds. The number of ether oxygens (including phenoxy) is 2. The molecule has 2 aromatic rings. The van der Waals surface area contributed by atoms with Gasteiger partial charge in [-0.15, -0.1) is 0 Å². The minimum absolute atomic E-state index is 0.00510. The van der Waals surface area contributed by atoms with Gasteiger partial charge in [0.05, 0.1) is 20.3 Å². The molecule has 0 aliphatic rings. The van der Waals surface area contributed by atoms with E-state index in [2.05, 4.69) is 5.32 Å². The summed E-state index contributed by atoms with van der Waals surface area (Å²) in [5, 5.41) is 2.76. The molecule has 0 aliphatic heterocycles. The van der Waals surface area contributed by atoms with Crippen LogP contribution in [0.4, 0.5) is 5.69 Å². The smallest absolute Gasteiger partial charge is 0.243 e. The van der Waals surface area contributed by atoms with Gasteiger partial charge in [-0.25, -0.2) is 0 Å². The van der Waals surface area contributed by atoms with Crippen LogP contribution in [0.2, 0.25) is 0 Å². The van der Waals surface area contributed by atoms with E-state index in [0.717, 1.165) is 5.75 Å². The van der Waals surface area contributed by atoms with E-state index in [-0.39, 0.29) is 18.4 Å². The molecule has 0 atom stereocenters. The van der Waals surface area contributed by atoms with E-state index in [1.54, 1.807) is 38.4 Å². The largest absolute Gasteiger partial charge is 0.497 e. The SMILES string of the molecule is COc1cccc(NC(=O)CN(C)C(=O)CCCOc2ccc(C)cc2)c1. The molecule has 2 aromatic carbocycles. The van der Waals surface area contributed by atoms with Crippen molar-refractivity contribution in [1.29, 1.82) is 0 Å². The van der Waals surface area contributed by atoms with Crippen LogP contribution in [0.15, 0.2) is 48.5 Å². The summed E-state index contributed by atoms with van der Waals surface area (Å²) in [6.45, 7) is 2.47.